The fourth-order valence-electron chi connectivity index (χ4n) is 2.83. The summed E-state index contributed by atoms with van der Waals surface area (Å²) < 4.78 is 1.22. The van der Waals surface area contributed by atoms with Crippen LogP contribution in [-0.2, 0) is 0 Å². The quantitative estimate of drug-likeness (QED) is 0.581. The number of hydrogen-bond donors (Lipinski definition) is 1. The zero-order valence-electron chi connectivity index (χ0n) is 14.1. The van der Waals surface area contributed by atoms with E-state index in [0.717, 1.165) is 0 Å². The highest BCUT2D eigenvalue weighted by Crippen LogP contribution is 2.18. The van der Waals surface area contributed by atoms with Crippen LogP contribution in [0.2, 0.25) is 5.02 Å². The van der Waals surface area contributed by atoms with Crippen LogP contribution in [0, 0.1) is 0 Å². The Kier molecular flexibility index (Phi) is 4.44. The largest absolute Gasteiger partial charge is 0.321 e. The van der Waals surface area contributed by atoms with E-state index in [2.05, 4.69) is 10.4 Å². The van der Waals surface area contributed by atoms with Crippen LogP contribution in [0.5, 0.6) is 0 Å². The van der Waals surface area contributed by atoms with Gasteiger partial charge in [0.2, 0.25) is 0 Å². The van der Waals surface area contributed by atoms with Crippen molar-refractivity contribution in [2.24, 2.45) is 0 Å². The molecule has 27 heavy (non-hydrogen) atoms. The number of benzene rings is 3. The number of aromatic nitrogens is 2. The number of carbonyl (C=O) groups is 1. The van der Waals surface area contributed by atoms with Gasteiger partial charge in [-0.25, -0.2) is 0 Å². The van der Waals surface area contributed by atoms with Crippen molar-refractivity contribution in [2.45, 2.75) is 0 Å². The molecular weight excluding hydrogens is 362 g/mol. The molecule has 0 aliphatic rings. The third kappa shape index (κ3) is 3.32. The van der Waals surface area contributed by atoms with Gasteiger partial charge in [0.15, 0.2) is 5.69 Å². The maximum atomic E-state index is 12.9. The molecule has 1 N–H and O–H groups in total. The number of rotatable bonds is 3. The topological polar surface area (TPSA) is 64.0 Å². The average Bonchev–Trinajstić information content (AvgIpc) is 2.70. The molecule has 3 aromatic carbocycles. The molecule has 6 heteroatoms. The Morgan fingerprint density at radius 3 is 2.19 bits per heavy atom. The Bertz CT molecular complexity index is 1190. The molecule has 0 saturated carbocycles. The van der Waals surface area contributed by atoms with E-state index in [1.54, 1.807) is 60.7 Å². The number of halogens is 1. The molecule has 0 atom stereocenters. The molecule has 132 valence electrons. The fourth-order valence-corrected chi connectivity index (χ4v) is 2.95. The van der Waals surface area contributed by atoms with Crippen molar-refractivity contribution >= 4 is 34.0 Å². The number of amides is 1. The minimum absolute atomic E-state index is 0.170. The molecule has 4 rings (SSSR count). The van der Waals surface area contributed by atoms with Crippen LogP contribution >= 0.6 is 11.6 Å². The van der Waals surface area contributed by atoms with Gasteiger partial charge in [0, 0.05) is 16.1 Å². The first-order chi connectivity index (χ1) is 13.1. The van der Waals surface area contributed by atoms with Crippen LogP contribution in [0.25, 0.3) is 16.5 Å². The number of nitrogens with zero attached hydrogens (tertiary/aromatic N) is 2. The second-order valence-corrected chi connectivity index (χ2v) is 6.34. The Labute approximate surface area is 159 Å². The lowest BCUT2D eigenvalue weighted by molar-refractivity contribution is 0.102. The minimum Gasteiger partial charge on any atom is -0.321 e. The van der Waals surface area contributed by atoms with Gasteiger partial charge >= 0.3 is 0 Å². The molecule has 5 nitrogen and oxygen atoms in total. The first-order valence-electron chi connectivity index (χ1n) is 8.28. The van der Waals surface area contributed by atoms with Gasteiger partial charge in [0.25, 0.3) is 11.5 Å². The molecule has 1 amide bonds. The minimum atomic E-state index is -0.389. The van der Waals surface area contributed by atoms with Gasteiger partial charge in [-0.3, -0.25) is 9.59 Å². The van der Waals surface area contributed by atoms with E-state index >= 15 is 0 Å². The monoisotopic (exact) mass is 375 g/mol. The molecule has 1 heterocycles. The molecule has 0 unspecified atom stereocenters. The van der Waals surface area contributed by atoms with Crippen molar-refractivity contribution in [3.63, 3.8) is 0 Å². The van der Waals surface area contributed by atoms with Gasteiger partial charge in [0.1, 0.15) is 0 Å². The van der Waals surface area contributed by atoms with Crippen LogP contribution in [0.1, 0.15) is 10.5 Å². The Morgan fingerprint density at radius 1 is 0.852 bits per heavy atom. The molecule has 0 saturated heterocycles. The van der Waals surface area contributed by atoms with Crippen molar-refractivity contribution in [3.8, 4) is 5.69 Å². The number of anilines is 1. The number of hydrogen-bond acceptors (Lipinski definition) is 3. The average molecular weight is 376 g/mol. The van der Waals surface area contributed by atoms with Crippen molar-refractivity contribution in [1.29, 1.82) is 0 Å². The lowest BCUT2D eigenvalue weighted by Gasteiger charge is -2.11. The van der Waals surface area contributed by atoms with Gasteiger partial charge in [-0.15, -0.1) is 0 Å². The maximum absolute atomic E-state index is 12.9. The first kappa shape index (κ1) is 17.0. The highest BCUT2D eigenvalue weighted by Gasteiger charge is 2.17. The molecule has 4 aromatic rings. The van der Waals surface area contributed by atoms with Gasteiger partial charge in [0.05, 0.1) is 11.1 Å². The van der Waals surface area contributed by atoms with Crippen LogP contribution in [0.3, 0.4) is 0 Å². The third-order valence-electron chi connectivity index (χ3n) is 4.12. The predicted octanol–water partition coefficient (Wildman–Crippen LogP) is 4.29. The molecule has 0 bridgehead atoms. The van der Waals surface area contributed by atoms with E-state index in [1.807, 2.05) is 18.2 Å². The van der Waals surface area contributed by atoms with Gasteiger partial charge in [-0.05, 0) is 42.5 Å². The lowest BCUT2D eigenvalue weighted by Crippen LogP contribution is -2.26. The molecule has 0 aliphatic carbocycles. The SMILES string of the molecule is O=C(Nc1ccccc1)c1nn(-c2ccc(Cl)cc2)c(=O)c2ccccc12. The van der Waals surface area contributed by atoms with Crippen LogP contribution in [0.4, 0.5) is 5.69 Å². The van der Waals surface area contributed by atoms with Crippen molar-refractivity contribution in [1.82, 2.24) is 9.78 Å². The first-order valence-corrected chi connectivity index (χ1v) is 8.66. The zero-order valence-corrected chi connectivity index (χ0v) is 14.9. The summed E-state index contributed by atoms with van der Waals surface area (Å²) in [5, 5.41) is 8.63. The van der Waals surface area contributed by atoms with Gasteiger partial charge in [-0.2, -0.15) is 9.78 Å². The summed E-state index contributed by atoms with van der Waals surface area (Å²) in [7, 11) is 0. The summed E-state index contributed by atoms with van der Waals surface area (Å²) in [4.78, 5) is 25.7. The van der Waals surface area contributed by atoms with E-state index in [9.17, 15) is 9.59 Å². The van der Waals surface area contributed by atoms with Crippen LogP contribution in [0.15, 0.2) is 83.7 Å². The van der Waals surface area contributed by atoms with E-state index in [1.165, 1.54) is 4.68 Å². The Hall–Kier alpha value is -3.44. The fraction of sp³-hybridized carbons (Fsp3) is 0. The Balaban J connectivity index is 1.89. The summed E-state index contributed by atoms with van der Waals surface area (Å²) in [6.45, 7) is 0. The second-order valence-electron chi connectivity index (χ2n) is 5.91. The van der Waals surface area contributed by atoms with E-state index in [-0.39, 0.29) is 17.2 Å². The summed E-state index contributed by atoms with van der Waals surface area (Å²) in [5.74, 6) is -0.389. The van der Waals surface area contributed by atoms with E-state index in [0.29, 0.717) is 27.2 Å². The molecule has 0 fully saturated rings. The summed E-state index contributed by atoms with van der Waals surface area (Å²) >= 11 is 5.93. The van der Waals surface area contributed by atoms with Crippen LogP contribution < -0.4 is 10.9 Å². The molecular formula is C21H14ClN3O2. The van der Waals surface area contributed by atoms with Crippen molar-refractivity contribution in [2.75, 3.05) is 5.32 Å². The number of fused-ring (bicyclic) bond motifs is 1. The number of para-hydroxylation sites is 1. The van der Waals surface area contributed by atoms with E-state index in [4.69, 9.17) is 11.6 Å². The summed E-state index contributed by atoms with van der Waals surface area (Å²) in [6, 6.07) is 22.7. The van der Waals surface area contributed by atoms with Crippen molar-refractivity contribution in [3.05, 3.63) is 99.9 Å². The molecule has 0 radical (unpaired) electrons. The summed E-state index contributed by atoms with van der Waals surface area (Å²) in [6.07, 6.45) is 0. The normalized spacial score (nSPS) is 10.7. The van der Waals surface area contributed by atoms with Gasteiger partial charge in [-0.1, -0.05) is 48.0 Å². The summed E-state index contributed by atoms with van der Waals surface area (Å²) in [5.41, 5.74) is 1.05. The highest BCUT2D eigenvalue weighted by molar-refractivity contribution is 6.30. The zero-order chi connectivity index (χ0) is 18.8. The molecule has 0 spiro atoms. The predicted molar refractivity (Wildman–Crippen MR) is 107 cm³/mol. The third-order valence-corrected chi connectivity index (χ3v) is 4.37. The van der Waals surface area contributed by atoms with Gasteiger partial charge < -0.3 is 5.32 Å². The second kappa shape index (κ2) is 7.05. The number of nitrogens with one attached hydrogen (secondary N) is 1. The Morgan fingerprint density at radius 2 is 1.48 bits per heavy atom. The number of carbonyl (C=O) groups excluding carboxylic acids is 1. The standard InChI is InChI=1S/C21H14ClN3O2/c22-14-10-12-16(13-11-14)25-21(27)18-9-5-4-8-17(18)19(24-25)20(26)23-15-6-2-1-3-7-15/h1-13H,(H,23,26). The molecule has 0 aliphatic heterocycles. The molecule has 1 aromatic heterocycles. The van der Waals surface area contributed by atoms with E-state index < -0.39 is 0 Å². The highest BCUT2D eigenvalue weighted by atomic mass is 35.5. The van der Waals surface area contributed by atoms with Crippen molar-refractivity contribution < 1.29 is 4.79 Å². The smallest absolute Gasteiger partial charge is 0.279 e. The lowest BCUT2D eigenvalue weighted by atomic mass is 10.1. The maximum Gasteiger partial charge on any atom is 0.279 e. The van der Waals surface area contributed by atoms with Crippen LogP contribution in [-0.4, -0.2) is 15.7 Å².